The molecule has 0 atom stereocenters. The third kappa shape index (κ3) is 5.18. The van der Waals surface area contributed by atoms with Crippen molar-refractivity contribution in [3.8, 4) is 0 Å². The number of hydrogen-bond acceptors (Lipinski definition) is 5. The zero-order chi connectivity index (χ0) is 17.6. The third-order valence-electron chi connectivity index (χ3n) is 2.87. The van der Waals surface area contributed by atoms with Crippen molar-refractivity contribution < 1.29 is 0 Å². The van der Waals surface area contributed by atoms with Crippen molar-refractivity contribution in [1.82, 2.24) is 19.2 Å². The lowest BCUT2D eigenvalue weighted by atomic mass is 10.6. The Morgan fingerprint density at radius 2 is 1.39 bits per heavy atom. The van der Waals surface area contributed by atoms with Gasteiger partial charge in [0.1, 0.15) is 25.0 Å². The summed E-state index contributed by atoms with van der Waals surface area (Å²) in [6, 6.07) is 0. The molecule has 2 aromatic heterocycles. The Morgan fingerprint density at radius 1 is 0.826 bits per heavy atom. The Morgan fingerprint density at radius 3 is 1.87 bits per heavy atom. The minimum Gasteiger partial charge on any atom is -0.344 e. The lowest BCUT2D eigenvalue weighted by molar-refractivity contribution is 0.921. The molecule has 0 fully saturated rings. The van der Waals surface area contributed by atoms with E-state index < -0.39 is 22.7 Å². The van der Waals surface area contributed by atoms with Gasteiger partial charge in [0.05, 0.1) is 6.33 Å². The molecule has 2 heterocycles. The average molecular weight is 401 g/mol. The maximum absolute atomic E-state index is 4.90. The maximum atomic E-state index is 4.90. The monoisotopic (exact) mass is 400 g/mol. The SMILES string of the molecule is C[Si](C)(C)Sc1nc(S[Si](C)(C)C)c2ncn([Si](C)(C)C)c2n1. The second-order valence-corrected chi connectivity index (χ2v) is 31.7. The van der Waals surface area contributed by atoms with Crippen molar-refractivity contribution in [3.05, 3.63) is 6.33 Å². The van der Waals surface area contributed by atoms with Crippen LogP contribution in [-0.4, -0.2) is 41.9 Å². The Kier molecular flexibility index (Phi) is 5.29. The van der Waals surface area contributed by atoms with Crippen LogP contribution in [0, 0.1) is 0 Å². The van der Waals surface area contributed by atoms with E-state index in [-0.39, 0.29) is 0 Å². The summed E-state index contributed by atoms with van der Waals surface area (Å²) in [5, 5.41) is 2.00. The van der Waals surface area contributed by atoms with E-state index in [0.717, 1.165) is 21.3 Å². The lowest BCUT2D eigenvalue weighted by Crippen LogP contribution is -2.31. The van der Waals surface area contributed by atoms with Gasteiger partial charge in [0.2, 0.25) is 0 Å². The highest BCUT2D eigenvalue weighted by Gasteiger charge is 2.26. The van der Waals surface area contributed by atoms with Gasteiger partial charge in [-0.15, -0.1) is 22.4 Å². The minimum absolute atomic E-state index is 0.928. The van der Waals surface area contributed by atoms with E-state index in [1.807, 2.05) is 28.7 Å². The normalized spacial score (nSPS) is 13.8. The van der Waals surface area contributed by atoms with Crippen LogP contribution in [0.4, 0.5) is 0 Å². The van der Waals surface area contributed by atoms with Crippen LogP contribution < -0.4 is 0 Å². The standard InChI is InChI=1S/C14H28N4S2Si3/c1-21(2,3)18-10-15-11-12(18)16-14(20-23(7,8)9)17-13(11)19-22(4,5)6/h10H,1-9H3. The molecule has 0 saturated heterocycles. The largest absolute Gasteiger partial charge is 0.344 e. The highest BCUT2D eigenvalue weighted by atomic mass is 32.4. The van der Waals surface area contributed by atoms with Gasteiger partial charge >= 0.3 is 0 Å². The van der Waals surface area contributed by atoms with Gasteiger partial charge < -0.3 is 4.23 Å². The molecule has 0 radical (unpaired) electrons. The molecule has 0 spiro atoms. The summed E-state index contributed by atoms with van der Waals surface area (Å²) < 4.78 is 2.31. The summed E-state index contributed by atoms with van der Waals surface area (Å²) in [6.07, 6.45) is 1.98. The molecule has 0 bridgehead atoms. The molecular weight excluding hydrogens is 373 g/mol. The van der Waals surface area contributed by atoms with Crippen LogP contribution in [0.2, 0.25) is 58.9 Å². The third-order valence-corrected chi connectivity index (χ3v) is 11.5. The van der Waals surface area contributed by atoms with Crippen molar-refractivity contribution in [2.24, 2.45) is 0 Å². The molecule has 2 aromatic rings. The molecule has 4 nitrogen and oxygen atoms in total. The zero-order valence-corrected chi connectivity index (χ0v) is 20.3. The van der Waals surface area contributed by atoms with Gasteiger partial charge in [-0.2, -0.15) is 0 Å². The predicted octanol–water partition coefficient (Wildman–Crippen LogP) is 5.36. The molecule has 0 aromatic carbocycles. The van der Waals surface area contributed by atoms with E-state index in [9.17, 15) is 0 Å². The van der Waals surface area contributed by atoms with Gasteiger partial charge in [-0.05, 0) is 0 Å². The minimum atomic E-state index is -1.54. The summed E-state index contributed by atoms with van der Waals surface area (Å²) >= 11 is 3.80. The van der Waals surface area contributed by atoms with Crippen LogP contribution in [0.25, 0.3) is 11.2 Å². The zero-order valence-electron chi connectivity index (χ0n) is 15.7. The second kappa shape index (κ2) is 6.32. The van der Waals surface area contributed by atoms with E-state index in [0.29, 0.717) is 0 Å². The van der Waals surface area contributed by atoms with E-state index in [2.05, 4.69) is 68.1 Å². The molecule has 0 amide bonds. The van der Waals surface area contributed by atoms with Crippen molar-refractivity contribution in [3.63, 3.8) is 0 Å². The Hall–Kier alpha value is -0.0994. The number of fused-ring (bicyclic) bond motifs is 1. The first-order chi connectivity index (χ1) is 10.3. The van der Waals surface area contributed by atoms with Crippen molar-refractivity contribution >= 4 is 56.3 Å². The fourth-order valence-electron chi connectivity index (χ4n) is 2.03. The fraction of sp³-hybridized carbons (Fsp3) is 0.643. The first-order valence-electron chi connectivity index (χ1n) is 7.90. The highest BCUT2D eigenvalue weighted by molar-refractivity contribution is 8.29. The van der Waals surface area contributed by atoms with Crippen LogP contribution >= 0.6 is 22.4 Å². The topological polar surface area (TPSA) is 43.6 Å². The number of rotatable bonds is 5. The van der Waals surface area contributed by atoms with Crippen LogP contribution in [0.15, 0.2) is 16.5 Å². The number of nitrogens with zero attached hydrogens (tertiary/aromatic N) is 4. The van der Waals surface area contributed by atoms with Crippen LogP contribution in [0.5, 0.6) is 0 Å². The molecule has 9 heteroatoms. The van der Waals surface area contributed by atoms with Gasteiger partial charge in [-0.3, -0.25) is 0 Å². The van der Waals surface area contributed by atoms with Crippen LogP contribution in [0.1, 0.15) is 0 Å². The second-order valence-electron chi connectivity index (χ2n) is 8.70. The van der Waals surface area contributed by atoms with E-state index in [4.69, 9.17) is 9.97 Å². The van der Waals surface area contributed by atoms with Gasteiger partial charge in [-0.25, -0.2) is 15.0 Å². The van der Waals surface area contributed by atoms with Crippen molar-refractivity contribution in [2.75, 3.05) is 0 Å². The molecule has 0 aliphatic heterocycles. The molecule has 0 unspecified atom stereocenters. The molecule has 0 saturated carbocycles. The molecule has 0 aliphatic rings. The average Bonchev–Trinajstić information content (AvgIpc) is 2.67. The Labute approximate surface area is 150 Å². The summed E-state index contributed by atoms with van der Waals surface area (Å²) in [4.78, 5) is 14.5. The maximum Gasteiger partial charge on any atom is 0.184 e. The smallest absolute Gasteiger partial charge is 0.184 e. The highest BCUT2D eigenvalue weighted by Crippen LogP contribution is 2.35. The van der Waals surface area contributed by atoms with Crippen LogP contribution in [-0.2, 0) is 0 Å². The quantitative estimate of drug-likeness (QED) is 0.384. The van der Waals surface area contributed by atoms with Gasteiger partial charge in [0.15, 0.2) is 19.0 Å². The number of hydrogen-bond donors (Lipinski definition) is 0. The Balaban J connectivity index is 2.65. The van der Waals surface area contributed by atoms with Crippen molar-refractivity contribution in [1.29, 1.82) is 0 Å². The summed E-state index contributed by atoms with van der Waals surface area (Å²) in [5.74, 6) is 0. The number of aromatic nitrogens is 4. The molecule has 23 heavy (non-hydrogen) atoms. The molecule has 128 valence electrons. The molecule has 2 rings (SSSR count). The molecule has 0 N–H and O–H groups in total. The van der Waals surface area contributed by atoms with Gasteiger partial charge in [0.25, 0.3) is 0 Å². The van der Waals surface area contributed by atoms with E-state index in [1.165, 1.54) is 0 Å². The van der Waals surface area contributed by atoms with Crippen LogP contribution in [0.3, 0.4) is 0 Å². The van der Waals surface area contributed by atoms with Gasteiger partial charge in [-0.1, -0.05) is 58.9 Å². The predicted molar refractivity (Wildman–Crippen MR) is 112 cm³/mol. The molecular formula is C14H28N4S2Si3. The lowest BCUT2D eigenvalue weighted by Gasteiger charge is -2.20. The Bertz CT molecular complexity index is 712. The first-order valence-corrected chi connectivity index (χ1v) is 21.4. The number of imidazole rings is 1. The van der Waals surface area contributed by atoms with E-state index >= 15 is 0 Å². The summed E-state index contributed by atoms with van der Waals surface area (Å²) in [6.45, 7) is 21.1. The summed E-state index contributed by atoms with van der Waals surface area (Å²) in [5.41, 5.74) is 2.01. The van der Waals surface area contributed by atoms with E-state index in [1.54, 1.807) is 0 Å². The molecule has 0 aliphatic carbocycles. The summed E-state index contributed by atoms with van der Waals surface area (Å²) in [7, 11) is -4.22. The first kappa shape index (κ1) is 19.2. The fourth-order valence-corrected chi connectivity index (χ4v) is 9.13. The van der Waals surface area contributed by atoms with Crippen molar-refractivity contribution in [2.45, 2.75) is 69.1 Å². The van der Waals surface area contributed by atoms with Gasteiger partial charge in [0, 0.05) is 0 Å².